The fraction of sp³-hybridized carbons (Fsp3) is 0.917. The quantitative estimate of drug-likeness (QED) is 0.720. The molecule has 0 aromatic heterocycles. The van der Waals surface area contributed by atoms with E-state index in [0.29, 0.717) is 12.3 Å². The summed E-state index contributed by atoms with van der Waals surface area (Å²) in [6.45, 7) is 8.16. The molecule has 1 N–H and O–H groups in total. The second kappa shape index (κ2) is 7.96. The van der Waals surface area contributed by atoms with Crippen LogP contribution < -0.4 is 5.32 Å². The van der Waals surface area contributed by atoms with E-state index in [-0.39, 0.29) is 0 Å². The van der Waals surface area contributed by atoms with E-state index in [1.807, 2.05) is 16.7 Å². The maximum atomic E-state index is 11.8. The Bertz CT molecular complexity index is 205. The average molecular weight is 244 g/mol. The van der Waals surface area contributed by atoms with Gasteiger partial charge in [-0.05, 0) is 11.7 Å². The van der Waals surface area contributed by atoms with Crippen LogP contribution >= 0.6 is 11.8 Å². The van der Waals surface area contributed by atoms with Gasteiger partial charge in [0.05, 0.1) is 0 Å². The first-order valence-electron chi connectivity index (χ1n) is 6.30. The minimum atomic E-state index is 0.332. The van der Waals surface area contributed by atoms with Crippen molar-refractivity contribution < 1.29 is 4.79 Å². The van der Waals surface area contributed by atoms with Gasteiger partial charge in [0.2, 0.25) is 5.91 Å². The van der Waals surface area contributed by atoms with Crippen LogP contribution in [0.25, 0.3) is 0 Å². The third kappa shape index (κ3) is 5.21. The van der Waals surface area contributed by atoms with Gasteiger partial charge in [-0.15, -0.1) is 0 Å². The van der Waals surface area contributed by atoms with Crippen molar-refractivity contribution in [2.75, 3.05) is 37.7 Å². The Balaban J connectivity index is 2.05. The molecule has 16 heavy (non-hydrogen) atoms. The first kappa shape index (κ1) is 13.8. The molecule has 0 radical (unpaired) electrons. The van der Waals surface area contributed by atoms with E-state index >= 15 is 0 Å². The second-order valence-corrected chi connectivity index (χ2v) is 5.62. The molecule has 0 bridgehead atoms. The Hall–Kier alpha value is -0.220. The summed E-state index contributed by atoms with van der Waals surface area (Å²) in [6.07, 6.45) is 1.94. The summed E-state index contributed by atoms with van der Waals surface area (Å²) >= 11 is 1.92. The number of hydrogen-bond donors (Lipinski definition) is 1. The van der Waals surface area contributed by atoms with Crippen LogP contribution in [-0.4, -0.2) is 48.5 Å². The summed E-state index contributed by atoms with van der Waals surface area (Å²) in [6, 6.07) is 0. The number of carbonyl (C=O) groups excluding carboxylic acids is 1. The Morgan fingerprint density at radius 2 is 2.12 bits per heavy atom. The molecule has 1 atom stereocenters. The zero-order chi connectivity index (χ0) is 11.8. The van der Waals surface area contributed by atoms with Crippen molar-refractivity contribution in [2.24, 2.45) is 5.92 Å². The SMILES string of the molecule is CCC(C)CSCCC(=O)N1CCNCC1. The summed E-state index contributed by atoms with van der Waals surface area (Å²) in [5, 5.41) is 3.26. The highest BCUT2D eigenvalue weighted by molar-refractivity contribution is 7.99. The van der Waals surface area contributed by atoms with Crippen LogP contribution in [0.2, 0.25) is 0 Å². The first-order valence-corrected chi connectivity index (χ1v) is 7.45. The molecule has 1 aliphatic rings. The van der Waals surface area contributed by atoms with Gasteiger partial charge in [-0.2, -0.15) is 11.8 Å². The summed E-state index contributed by atoms with van der Waals surface area (Å²) in [4.78, 5) is 13.8. The molecule has 0 spiro atoms. The number of piperazine rings is 1. The van der Waals surface area contributed by atoms with Crippen molar-refractivity contribution in [3.63, 3.8) is 0 Å². The summed E-state index contributed by atoms with van der Waals surface area (Å²) in [5.41, 5.74) is 0. The number of nitrogens with one attached hydrogen (secondary N) is 1. The third-order valence-corrected chi connectivity index (χ3v) is 4.33. The molecule has 1 saturated heterocycles. The maximum Gasteiger partial charge on any atom is 0.223 e. The van der Waals surface area contributed by atoms with E-state index in [1.54, 1.807) is 0 Å². The Kier molecular flexibility index (Phi) is 6.88. The lowest BCUT2D eigenvalue weighted by Crippen LogP contribution is -2.46. The Morgan fingerprint density at radius 1 is 1.44 bits per heavy atom. The lowest BCUT2D eigenvalue weighted by Gasteiger charge is -2.27. The summed E-state index contributed by atoms with van der Waals surface area (Å²) < 4.78 is 0. The van der Waals surface area contributed by atoms with E-state index in [2.05, 4.69) is 19.2 Å². The van der Waals surface area contributed by atoms with Gasteiger partial charge in [0.25, 0.3) is 0 Å². The average Bonchev–Trinajstić information content (AvgIpc) is 2.35. The molecule has 1 fully saturated rings. The summed E-state index contributed by atoms with van der Waals surface area (Å²) in [5.74, 6) is 3.27. The standard InChI is InChI=1S/C12H24N2OS/c1-3-11(2)10-16-9-4-12(15)14-7-5-13-6-8-14/h11,13H,3-10H2,1-2H3. The van der Waals surface area contributed by atoms with Crippen LogP contribution in [0.1, 0.15) is 26.7 Å². The molecule has 3 nitrogen and oxygen atoms in total. The highest BCUT2D eigenvalue weighted by Gasteiger charge is 2.15. The molecule has 1 rings (SSSR count). The van der Waals surface area contributed by atoms with Gasteiger partial charge < -0.3 is 10.2 Å². The van der Waals surface area contributed by atoms with Gasteiger partial charge in [0.15, 0.2) is 0 Å². The van der Waals surface area contributed by atoms with E-state index in [4.69, 9.17) is 0 Å². The highest BCUT2D eigenvalue weighted by atomic mass is 32.2. The molecule has 0 saturated carbocycles. The second-order valence-electron chi connectivity index (χ2n) is 4.47. The molecule has 94 valence electrons. The number of hydrogen-bond acceptors (Lipinski definition) is 3. The van der Waals surface area contributed by atoms with Crippen molar-refractivity contribution >= 4 is 17.7 Å². The van der Waals surface area contributed by atoms with Crippen molar-refractivity contribution in [3.8, 4) is 0 Å². The van der Waals surface area contributed by atoms with Gasteiger partial charge in [0, 0.05) is 38.4 Å². The van der Waals surface area contributed by atoms with Gasteiger partial charge in [-0.1, -0.05) is 20.3 Å². The van der Waals surface area contributed by atoms with E-state index in [0.717, 1.165) is 37.8 Å². The van der Waals surface area contributed by atoms with Crippen LogP contribution in [0.15, 0.2) is 0 Å². The summed E-state index contributed by atoms with van der Waals surface area (Å²) in [7, 11) is 0. The maximum absolute atomic E-state index is 11.8. The first-order chi connectivity index (χ1) is 7.74. The number of thioether (sulfide) groups is 1. The van der Waals surface area contributed by atoms with Crippen molar-refractivity contribution in [1.29, 1.82) is 0 Å². The van der Waals surface area contributed by atoms with Crippen LogP contribution in [0.5, 0.6) is 0 Å². The van der Waals surface area contributed by atoms with Gasteiger partial charge >= 0.3 is 0 Å². The Labute approximate surface area is 103 Å². The predicted octanol–water partition coefficient (Wildman–Crippen LogP) is 1.59. The molecular weight excluding hydrogens is 220 g/mol. The predicted molar refractivity (Wildman–Crippen MR) is 70.8 cm³/mol. The van der Waals surface area contributed by atoms with Gasteiger partial charge in [-0.3, -0.25) is 4.79 Å². The number of rotatable bonds is 6. The fourth-order valence-corrected chi connectivity index (χ4v) is 2.76. The molecule has 0 aromatic carbocycles. The van der Waals surface area contributed by atoms with Crippen molar-refractivity contribution in [2.45, 2.75) is 26.7 Å². The lowest BCUT2D eigenvalue weighted by atomic mass is 10.2. The topological polar surface area (TPSA) is 32.3 Å². The Morgan fingerprint density at radius 3 is 2.75 bits per heavy atom. The highest BCUT2D eigenvalue weighted by Crippen LogP contribution is 2.12. The molecule has 0 aliphatic carbocycles. The molecular formula is C12H24N2OS. The molecule has 4 heteroatoms. The lowest BCUT2D eigenvalue weighted by molar-refractivity contribution is -0.131. The van der Waals surface area contributed by atoms with E-state index in [1.165, 1.54) is 12.2 Å². The number of carbonyl (C=O) groups is 1. The van der Waals surface area contributed by atoms with Crippen LogP contribution in [0.3, 0.4) is 0 Å². The largest absolute Gasteiger partial charge is 0.340 e. The molecule has 1 heterocycles. The van der Waals surface area contributed by atoms with Gasteiger partial charge in [0.1, 0.15) is 0 Å². The van der Waals surface area contributed by atoms with Crippen LogP contribution in [0.4, 0.5) is 0 Å². The minimum absolute atomic E-state index is 0.332. The minimum Gasteiger partial charge on any atom is -0.340 e. The third-order valence-electron chi connectivity index (χ3n) is 3.03. The zero-order valence-corrected chi connectivity index (χ0v) is 11.3. The fourth-order valence-electron chi connectivity index (χ4n) is 1.63. The van der Waals surface area contributed by atoms with Crippen molar-refractivity contribution in [3.05, 3.63) is 0 Å². The number of nitrogens with zero attached hydrogens (tertiary/aromatic N) is 1. The smallest absolute Gasteiger partial charge is 0.223 e. The normalized spacial score (nSPS) is 18.5. The molecule has 1 aliphatic heterocycles. The van der Waals surface area contributed by atoms with E-state index in [9.17, 15) is 4.79 Å². The molecule has 0 aromatic rings. The van der Waals surface area contributed by atoms with Crippen molar-refractivity contribution in [1.82, 2.24) is 10.2 Å². The monoisotopic (exact) mass is 244 g/mol. The van der Waals surface area contributed by atoms with Gasteiger partial charge in [-0.25, -0.2) is 0 Å². The molecule has 1 amide bonds. The zero-order valence-electron chi connectivity index (χ0n) is 10.5. The number of amides is 1. The van der Waals surface area contributed by atoms with E-state index < -0.39 is 0 Å². The van der Waals surface area contributed by atoms with Crippen LogP contribution in [-0.2, 0) is 4.79 Å². The van der Waals surface area contributed by atoms with Crippen LogP contribution in [0, 0.1) is 5.92 Å². The molecule has 1 unspecified atom stereocenters.